The maximum Gasteiger partial charge on any atom is 0.173 e. The van der Waals surface area contributed by atoms with Gasteiger partial charge >= 0.3 is 0 Å². The quantitative estimate of drug-likeness (QED) is 0.242. The number of hydrogen-bond donors (Lipinski definition) is 0. The summed E-state index contributed by atoms with van der Waals surface area (Å²) in [6.07, 6.45) is 0. The smallest absolute Gasteiger partial charge is 0.173 e. The van der Waals surface area contributed by atoms with E-state index >= 15 is 0 Å². The minimum Gasteiger partial charge on any atom is -0.293 e. The van der Waals surface area contributed by atoms with Crippen LogP contribution in [0.4, 0.5) is 0 Å². The lowest BCUT2D eigenvalue weighted by atomic mass is 10.1. The number of aryl methyl sites for hydroxylation is 1. The van der Waals surface area contributed by atoms with E-state index in [-0.39, 0.29) is 5.78 Å². The van der Waals surface area contributed by atoms with Crippen LogP contribution < -0.4 is 0 Å². The van der Waals surface area contributed by atoms with Crippen LogP contribution >= 0.6 is 34.4 Å². The highest BCUT2D eigenvalue weighted by Gasteiger charge is 2.17. The van der Waals surface area contributed by atoms with Gasteiger partial charge in [-0.3, -0.25) is 4.79 Å². The predicted octanol–water partition coefficient (Wildman–Crippen LogP) is 6.25. The van der Waals surface area contributed by atoms with Crippen LogP contribution in [0.25, 0.3) is 31.6 Å². The zero-order valence-corrected chi connectivity index (χ0v) is 17.9. The predicted molar refractivity (Wildman–Crippen MR) is 122 cm³/mol. The van der Waals surface area contributed by atoms with Gasteiger partial charge in [-0.25, -0.2) is 4.98 Å². The molecule has 0 spiro atoms. The average molecular weight is 434 g/mol. The van der Waals surface area contributed by atoms with E-state index in [1.807, 2.05) is 66.9 Å². The molecule has 3 heterocycles. The summed E-state index contributed by atoms with van der Waals surface area (Å²) >= 11 is 4.66. The third kappa shape index (κ3) is 3.57. The Bertz CT molecular complexity index is 1340. The van der Waals surface area contributed by atoms with E-state index in [1.165, 1.54) is 11.8 Å². The van der Waals surface area contributed by atoms with Crippen molar-refractivity contribution in [2.24, 2.45) is 0 Å². The Hall–Kier alpha value is -2.61. The van der Waals surface area contributed by atoms with Crippen LogP contribution in [0.2, 0.25) is 0 Å². The SMILES string of the molecule is Cc1nc2c(SCC(=O)c3ccc4ccccc4c3)nnc(-c3cccs3)c2s1. The monoisotopic (exact) mass is 433 g/mol. The van der Waals surface area contributed by atoms with Crippen LogP contribution in [0.1, 0.15) is 15.4 Å². The van der Waals surface area contributed by atoms with Gasteiger partial charge in [0.2, 0.25) is 0 Å². The van der Waals surface area contributed by atoms with E-state index in [1.54, 1.807) is 22.7 Å². The normalized spacial score (nSPS) is 11.3. The Morgan fingerprint density at radius 1 is 1.03 bits per heavy atom. The van der Waals surface area contributed by atoms with Gasteiger partial charge in [-0.15, -0.1) is 32.9 Å². The van der Waals surface area contributed by atoms with Gasteiger partial charge in [-0.05, 0) is 35.2 Å². The lowest BCUT2D eigenvalue weighted by Gasteiger charge is -2.05. The molecule has 0 saturated heterocycles. The van der Waals surface area contributed by atoms with Gasteiger partial charge in [-0.1, -0.05) is 54.2 Å². The molecular formula is C22H15N3OS3. The van der Waals surface area contributed by atoms with Crippen molar-refractivity contribution in [1.82, 2.24) is 15.2 Å². The summed E-state index contributed by atoms with van der Waals surface area (Å²) in [6.45, 7) is 1.98. The minimum atomic E-state index is 0.0741. The number of thiazole rings is 1. The lowest BCUT2D eigenvalue weighted by Crippen LogP contribution is -2.03. The zero-order valence-electron chi connectivity index (χ0n) is 15.5. The summed E-state index contributed by atoms with van der Waals surface area (Å²) in [7, 11) is 0. The van der Waals surface area contributed by atoms with E-state index < -0.39 is 0 Å². The Labute approximate surface area is 179 Å². The molecule has 0 fully saturated rings. The molecule has 0 N–H and O–H groups in total. The fourth-order valence-electron chi connectivity index (χ4n) is 3.17. The third-order valence-electron chi connectivity index (χ3n) is 4.56. The van der Waals surface area contributed by atoms with E-state index in [0.717, 1.165) is 36.6 Å². The van der Waals surface area contributed by atoms with Crippen LogP contribution in [-0.4, -0.2) is 26.7 Å². The van der Waals surface area contributed by atoms with E-state index in [9.17, 15) is 4.79 Å². The summed E-state index contributed by atoms with van der Waals surface area (Å²) in [5.74, 6) is 0.377. The summed E-state index contributed by atoms with van der Waals surface area (Å²) in [6, 6.07) is 17.9. The van der Waals surface area contributed by atoms with Gasteiger partial charge in [0.15, 0.2) is 5.78 Å². The Balaban J connectivity index is 1.43. The third-order valence-corrected chi connectivity index (χ3v) is 7.37. The highest BCUT2D eigenvalue weighted by Crippen LogP contribution is 2.37. The number of aromatic nitrogens is 3. The molecule has 0 saturated carbocycles. The molecule has 0 unspecified atom stereocenters. The molecule has 0 aliphatic heterocycles. The molecule has 29 heavy (non-hydrogen) atoms. The van der Waals surface area contributed by atoms with Crippen molar-refractivity contribution in [1.29, 1.82) is 0 Å². The Kier molecular flexibility index (Phi) is 4.87. The molecule has 0 atom stereocenters. The van der Waals surface area contributed by atoms with Crippen molar-refractivity contribution in [3.8, 4) is 10.6 Å². The lowest BCUT2D eigenvalue weighted by molar-refractivity contribution is 0.102. The highest BCUT2D eigenvalue weighted by atomic mass is 32.2. The van der Waals surface area contributed by atoms with Gasteiger partial charge in [-0.2, -0.15) is 0 Å². The van der Waals surface area contributed by atoms with Crippen molar-refractivity contribution >= 4 is 61.2 Å². The molecule has 0 aliphatic carbocycles. The average Bonchev–Trinajstić information content (AvgIpc) is 3.41. The number of ketones is 1. The molecule has 7 heteroatoms. The van der Waals surface area contributed by atoms with Gasteiger partial charge in [0.05, 0.1) is 20.3 Å². The van der Waals surface area contributed by atoms with Crippen molar-refractivity contribution in [2.45, 2.75) is 11.9 Å². The molecule has 0 aliphatic rings. The molecule has 142 valence electrons. The summed E-state index contributed by atoms with van der Waals surface area (Å²) in [4.78, 5) is 18.5. The van der Waals surface area contributed by atoms with Gasteiger partial charge in [0.1, 0.15) is 16.2 Å². The van der Waals surface area contributed by atoms with Crippen LogP contribution in [0.15, 0.2) is 65.0 Å². The number of Topliss-reactive ketones (excluding diaryl/α,β-unsaturated/α-hetero) is 1. The minimum absolute atomic E-state index is 0.0741. The first-order valence-corrected chi connectivity index (χ1v) is 11.7. The molecule has 5 aromatic rings. The van der Waals surface area contributed by atoms with E-state index in [2.05, 4.69) is 15.2 Å². The van der Waals surface area contributed by atoms with Crippen LogP contribution in [0.3, 0.4) is 0 Å². The van der Waals surface area contributed by atoms with Crippen LogP contribution in [0, 0.1) is 6.92 Å². The summed E-state index contributed by atoms with van der Waals surface area (Å²) in [5, 5.41) is 14.8. The number of rotatable bonds is 5. The molecule has 5 rings (SSSR count). The van der Waals surface area contributed by atoms with Gasteiger partial charge < -0.3 is 0 Å². The van der Waals surface area contributed by atoms with Crippen molar-refractivity contribution in [3.05, 3.63) is 70.5 Å². The fourth-order valence-corrected chi connectivity index (χ4v) is 5.75. The molecule has 0 radical (unpaired) electrons. The number of carbonyl (C=O) groups excluding carboxylic acids is 1. The second-order valence-corrected chi connectivity index (χ2v) is 9.63. The molecule has 2 aromatic carbocycles. The summed E-state index contributed by atoms with van der Waals surface area (Å²) in [5.41, 5.74) is 2.41. The largest absolute Gasteiger partial charge is 0.293 e. The first-order valence-electron chi connectivity index (χ1n) is 9.01. The zero-order chi connectivity index (χ0) is 19.8. The van der Waals surface area contributed by atoms with E-state index in [4.69, 9.17) is 0 Å². The molecule has 0 amide bonds. The number of hydrogen-bond acceptors (Lipinski definition) is 7. The van der Waals surface area contributed by atoms with Gasteiger partial charge in [0, 0.05) is 5.56 Å². The maximum absolute atomic E-state index is 12.8. The second-order valence-electron chi connectivity index (χ2n) is 6.52. The number of thioether (sulfide) groups is 1. The number of benzene rings is 2. The van der Waals surface area contributed by atoms with Crippen LogP contribution in [0.5, 0.6) is 0 Å². The topological polar surface area (TPSA) is 55.7 Å². The second kappa shape index (κ2) is 7.67. The standard InChI is InChI=1S/C22H15N3OS3/c1-13-23-20-21(29-13)19(18-7-4-10-27-18)24-25-22(20)28-12-17(26)16-9-8-14-5-2-3-6-15(14)11-16/h2-11H,12H2,1H3. The van der Waals surface area contributed by atoms with Crippen molar-refractivity contribution in [2.75, 3.05) is 5.75 Å². The van der Waals surface area contributed by atoms with Crippen LogP contribution in [-0.2, 0) is 0 Å². The molecule has 0 bridgehead atoms. The van der Waals surface area contributed by atoms with Crippen molar-refractivity contribution in [3.63, 3.8) is 0 Å². The van der Waals surface area contributed by atoms with Gasteiger partial charge in [0.25, 0.3) is 0 Å². The first kappa shape index (κ1) is 18.4. The van der Waals surface area contributed by atoms with Crippen molar-refractivity contribution < 1.29 is 4.79 Å². The number of fused-ring (bicyclic) bond motifs is 2. The van der Waals surface area contributed by atoms with E-state index in [0.29, 0.717) is 16.3 Å². The highest BCUT2D eigenvalue weighted by molar-refractivity contribution is 8.00. The number of thiophene rings is 1. The molecule has 3 aromatic heterocycles. The Morgan fingerprint density at radius 2 is 1.90 bits per heavy atom. The maximum atomic E-state index is 12.8. The number of nitrogens with zero attached hydrogens (tertiary/aromatic N) is 3. The number of carbonyl (C=O) groups is 1. The molecular weight excluding hydrogens is 418 g/mol. The summed E-state index contributed by atoms with van der Waals surface area (Å²) < 4.78 is 1.03. The fraction of sp³-hybridized carbons (Fsp3) is 0.0909. The first-order chi connectivity index (χ1) is 14.2. The molecule has 4 nitrogen and oxygen atoms in total. The Morgan fingerprint density at radius 3 is 2.72 bits per heavy atom.